The predicted octanol–water partition coefficient (Wildman–Crippen LogP) is 1.01. The lowest BCUT2D eigenvalue weighted by atomic mass is 10.1. The number of benzene rings is 1. The van der Waals surface area contributed by atoms with Gasteiger partial charge in [0.1, 0.15) is 5.82 Å². The van der Waals surface area contributed by atoms with Gasteiger partial charge < -0.3 is 16.0 Å². The van der Waals surface area contributed by atoms with Gasteiger partial charge in [-0.1, -0.05) is 0 Å². The summed E-state index contributed by atoms with van der Waals surface area (Å²) in [6.45, 7) is 4.30. The van der Waals surface area contributed by atoms with Crippen molar-refractivity contribution >= 4 is 17.5 Å². The molecule has 1 rings (SSSR count). The zero-order chi connectivity index (χ0) is 14.4. The maximum atomic E-state index is 13.2. The Kier molecular flexibility index (Phi) is 5.29. The van der Waals surface area contributed by atoms with Crippen molar-refractivity contribution in [3.8, 4) is 0 Å². The minimum atomic E-state index is -0.536. The number of nitrogens with zero attached hydrogens (tertiary/aromatic N) is 1. The van der Waals surface area contributed by atoms with Gasteiger partial charge in [0.2, 0.25) is 5.91 Å². The first-order valence-electron chi connectivity index (χ1n) is 6.10. The van der Waals surface area contributed by atoms with Crippen molar-refractivity contribution in [1.29, 1.82) is 0 Å². The van der Waals surface area contributed by atoms with Gasteiger partial charge in [-0.15, -0.1) is 0 Å². The van der Waals surface area contributed by atoms with E-state index in [0.29, 0.717) is 13.1 Å². The SMILES string of the molecule is CCNC(=O)CN(CC)C(=O)c1cc(F)ccc1N. The molecule has 0 heterocycles. The van der Waals surface area contributed by atoms with Crippen LogP contribution in [0.5, 0.6) is 0 Å². The Morgan fingerprint density at radius 2 is 2.05 bits per heavy atom. The second-order valence-electron chi connectivity index (χ2n) is 4.00. The van der Waals surface area contributed by atoms with Crippen molar-refractivity contribution in [2.75, 3.05) is 25.4 Å². The van der Waals surface area contributed by atoms with Crippen molar-refractivity contribution in [2.24, 2.45) is 0 Å². The van der Waals surface area contributed by atoms with Crippen LogP contribution in [0.1, 0.15) is 24.2 Å². The zero-order valence-electron chi connectivity index (χ0n) is 11.1. The Hall–Kier alpha value is -2.11. The van der Waals surface area contributed by atoms with E-state index >= 15 is 0 Å². The Balaban J connectivity index is 2.89. The lowest BCUT2D eigenvalue weighted by molar-refractivity contribution is -0.121. The zero-order valence-corrected chi connectivity index (χ0v) is 11.1. The molecular formula is C13H18FN3O2. The smallest absolute Gasteiger partial charge is 0.256 e. The number of anilines is 1. The van der Waals surface area contributed by atoms with E-state index in [0.717, 1.165) is 6.07 Å². The highest BCUT2D eigenvalue weighted by molar-refractivity contribution is 6.00. The van der Waals surface area contributed by atoms with Crippen LogP contribution < -0.4 is 11.1 Å². The second kappa shape index (κ2) is 6.72. The first-order valence-corrected chi connectivity index (χ1v) is 6.10. The number of hydrogen-bond donors (Lipinski definition) is 2. The number of nitrogens with two attached hydrogens (primary N) is 1. The Bertz CT molecular complexity index is 477. The van der Waals surface area contributed by atoms with Gasteiger partial charge >= 0.3 is 0 Å². The van der Waals surface area contributed by atoms with Gasteiger partial charge in [0.15, 0.2) is 0 Å². The molecule has 0 bridgehead atoms. The molecule has 1 aromatic rings. The average Bonchev–Trinajstić information content (AvgIpc) is 2.38. The number of nitrogen functional groups attached to an aromatic ring is 1. The normalized spacial score (nSPS) is 10.1. The maximum absolute atomic E-state index is 13.2. The van der Waals surface area contributed by atoms with Gasteiger partial charge in [0, 0.05) is 18.8 Å². The van der Waals surface area contributed by atoms with Gasteiger partial charge in [-0.05, 0) is 32.0 Å². The fourth-order valence-corrected chi connectivity index (χ4v) is 1.64. The summed E-state index contributed by atoms with van der Waals surface area (Å²) in [6, 6.07) is 3.60. The van der Waals surface area contributed by atoms with Crippen molar-refractivity contribution in [3.05, 3.63) is 29.6 Å². The van der Waals surface area contributed by atoms with E-state index in [4.69, 9.17) is 5.73 Å². The molecule has 0 fully saturated rings. The van der Waals surface area contributed by atoms with Crippen molar-refractivity contribution in [2.45, 2.75) is 13.8 Å². The monoisotopic (exact) mass is 267 g/mol. The Morgan fingerprint density at radius 1 is 1.37 bits per heavy atom. The van der Waals surface area contributed by atoms with Crippen LogP contribution in [0.3, 0.4) is 0 Å². The van der Waals surface area contributed by atoms with E-state index in [1.807, 2.05) is 0 Å². The fraction of sp³-hybridized carbons (Fsp3) is 0.385. The third kappa shape index (κ3) is 3.94. The van der Waals surface area contributed by atoms with E-state index in [-0.39, 0.29) is 23.7 Å². The summed E-state index contributed by atoms with van der Waals surface area (Å²) < 4.78 is 13.2. The molecule has 0 aliphatic heterocycles. The van der Waals surface area contributed by atoms with Gasteiger partial charge in [-0.2, -0.15) is 0 Å². The summed E-state index contributed by atoms with van der Waals surface area (Å²) in [6.07, 6.45) is 0. The van der Waals surface area contributed by atoms with Crippen LogP contribution in [0, 0.1) is 5.82 Å². The van der Waals surface area contributed by atoms with Crippen molar-refractivity contribution in [1.82, 2.24) is 10.2 Å². The summed E-state index contributed by atoms with van der Waals surface area (Å²) in [5.74, 6) is -1.25. The Morgan fingerprint density at radius 3 is 2.63 bits per heavy atom. The summed E-state index contributed by atoms with van der Waals surface area (Å²) in [4.78, 5) is 25.0. The van der Waals surface area contributed by atoms with Crippen LogP contribution in [0.2, 0.25) is 0 Å². The molecule has 5 nitrogen and oxygen atoms in total. The third-order valence-electron chi connectivity index (χ3n) is 2.62. The number of rotatable bonds is 5. The van der Waals surface area contributed by atoms with E-state index in [2.05, 4.69) is 5.32 Å². The van der Waals surface area contributed by atoms with Crippen LogP contribution >= 0.6 is 0 Å². The van der Waals surface area contributed by atoms with E-state index in [1.54, 1.807) is 13.8 Å². The fourth-order valence-electron chi connectivity index (χ4n) is 1.64. The van der Waals surface area contributed by atoms with Gasteiger partial charge in [0.25, 0.3) is 5.91 Å². The minimum absolute atomic E-state index is 0.0703. The van der Waals surface area contributed by atoms with Crippen LogP contribution in [0.15, 0.2) is 18.2 Å². The number of carbonyl (C=O) groups excluding carboxylic acids is 2. The molecule has 3 N–H and O–H groups in total. The standard InChI is InChI=1S/C13H18FN3O2/c1-3-16-12(18)8-17(4-2)13(19)10-7-9(14)5-6-11(10)15/h5-7H,3-4,8,15H2,1-2H3,(H,16,18). The topological polar surface area (TPSA) is 75.4 Å². The number of likely N-dealkylation sites (N-methyl/N-ethyl adjacent to an activating group) is 2. The first-order chi connectivity index (χ1) is 8.99. The molecule has 19 heavy (non-hydrogen) atoms. The Labute approximate surface area is 111 Å². The molecule has 0 aliphatic rings. The summed E-state index contributed by atoms with van der Waals surface area (Å²) in [5, 5.41) is 2.60. The molecule has 0 atom stereocenters. The van der Waals surface area contributed by atoms with Crippen molar-refractivity contribution in [3.63, 3.8) is 0 Å². The lowest BCUT2D eigenvalue weighted by Gasteiger charge is -2.21. The summed E-state index contributed by atoms with van der Waals surface area (Å²) >= 11 is 0. The molecule has 0 saturated heterocycles. The molecule has 0 unspecified atom stereocenters. The highest BCUT2D eigenvalue weighted by Gasteiger charge is 2.19. The number of carbonyl (C=O) groups is 2. The van der Waals surface area contributed by atoms with E-state index in [1.165, 1.54) is 17.0 Å². The molecular weight excluding hydrogens is 249 g/mol. The first kappa shape index (κ1) is 14.9. The summed E-state index contributed by atoms with van der Waals surface area (Å²) in [5.41, 5.74) is 5.93. The van der Waals surface area contributed by atoms with Crippen LogP contribution in [-0.2, 0) is 4.79 Å². The molecule has 0 spiro atoms. The van der Waals surface area contributed by atoms with Crippen LogP contribution in [0.4, 0.5) is 10.1 Å². The number of amides is 2. The second-order valence-corrected chi connectivity index (χ2v) is 4.00. The predicted molar refractivity (Wildman–Crippen MR) is 71.1 cm³/mol. The van der Waals surface area contributed by atoms with Gasteiger partial charge in [0.05, 0.1) is 12.1 Å². The lowest BCUT2D eigenvalue weighted by Crippen LogP contribution is -2.40. The van der Waals surface area contributed by atoms with E-state index < -0.39 is 11.7 Å². The maximum Gasteiger partial charge on any atom is 0.256 e. The van der Waals surface area contributed by atoms with Crippen LogP contribution in [0.25, 0.3) is 0 Å². The molecule has 1 aromatic carbocycles. The quantitative estimate of drug-likeness (QED) is 0.782. The molecule has 0 saturated carbocycles. The molecule has 6 heteroatoms. The van der Waals surface area contributed by atoms with Crippen molar-refractivity contribution < 1.29 is 14.0 Å². The minimum Gasteiger partial charge on any atom is -0.398 e. The number of hydrogen-bond acceptors (Lipinski definition) is 3. The molecule has 0 radical (unpaired) electrons. The third-order valence-corrected chi connectivity index (χ3v) is 2.62. The molecule has 0 aromatic heterocycles. The largest absolute Gasteiger partial charge is 0.398 e. The highest BCUT2D eigenvalue weighted by Crippen LogP contribution is 2.15. The molecule has 2 amide bonds. The highest BCUT2D eigenvalue weighted by atomic mass is 19.1. The van der Waals surface area contributed by atoms with E-state index in [9.17, 15) is 14.0 Å². The molecule has 104 valence electrons. The summed E-state index contributed by atoms with van der Waals surface area (Å²) in [7, 11) is 0. The molecule has 0 aliphatic carbocycles. The number of halogens is 1. The van der Waals surface area contributed by atoms with Gasteiger partial charge in [-0.25, -0.2) is 4.39 Å². The van der Waals surface area contributed by atoms with Gasteiger partial charge in [-0.3, -0.25) is 9.59 Å². The van der Waals surface area contributed by atoms with Crippen LogP contribution in [-0.4, -0.2) is 36.3 Å². The average molecular weight is 267 g/mol. The number of nitrogens with one attached hydrogen (secondary N) is 1.